The predicted molar refractivity (Wildman–Crippen MR) is 220 cm³/mol. The Balaban J connectivity index is 3.94. The zero-order valence-corrected chi connectivity index (χ0v) is 35.0. The van der Waals surface area contributed by atoms with E-state index in [0.717, 1.165) is 38.5 Å². The van der Waals surface area contributed by atoms with E-state index in [2.05, 4.69) is 38.2 Å². The smallest absolute Gasteiger partial charge is 0.457 e. The molecular weight excluding hydrogens is 673 g/mol. The molecule has 308 valence electrons. The number of carbonyl (C=O) groups excluding carboxylic acids is 1. The van der Waals surface area contributed by atoms with E-state index >= 15 is 0 Å². The number of nitrogens with two attached hydrogens (primary N) is 1. The fourth-order valence-corrected chi connectivity index (χ4v) is 6.91. The minimum Gasteiger partial charge on any atom is -0.457 e. The minimum atomic E-state index is -4.27. The van der Waals surface area contributed by atoms with E-state index in [-0.39, 0.29) is 32.3 Å². The lowest BCUT2D eigenvalue weighted by Crippen LogP contribution is -2.28. The molecule has 0 saturated heterocycles. The molecule has 0 spiro atoms. The van der Waals surface area contributed by atoms with Gasteiger partial charge in [0.15, 0.2) is 0 Å². The standard InChI is InChI=1S/C43H84NO7P/c1-3-5-7-9-11-13-15-16-17-18-19-20-21-22-23-24-25-27-29-31-33-35-38-48-40-42(41-50-52(46,47)49-39-37-44)51-43(45)36-34-32-30-28-26-14-12-10-8-6-4-2/h15-16,18-19,42H,3-14,17,20-41,44H2,1-2H3,(H,46,47)/b16-15-,19-18-. The first-order valence-electron chi connectivity index (χ1n) is 21.8. The molecule has 0 aliphatic carbocycles. The summed E-state index contributed by atoms with van der Waals surface area (Å²) in [6.45, 7) is 4.92. The third-order valence-corrected chi connectivity index (χ3v) is 10.4. The van der Waals surface area contributed by atoms with Crippen LogP contribution in [0, 0.1) is 0 Å². The number of phosphoric ester groups is 1. The van der Waals surface area contributed by atoms with Crippen LogP contribution in [0.3, 0.4) is 0 Å². The molecule has 2 unspecified atom stereocenters. The van der Waals surface area contributed by atoms with E-state index in [0.29, 0.717) is 13.0 Å². The molecule has 0 aromatic carbocycles. The fourth-order valence-electron chi connectivity index (χ4n) is 6.14. The molecule has 8 nitrogen and oxygen atoms in total. The maximum Gasteiger partial charge on any atom is 0.472 e. The van der Waals surface area contributed by atoms with Crippen molar-refractivity contribution in [3.8, 4) is 0 Å². The SMILES string of the molecule is CCCCCCC/C=C\C/C=C\CCCCCCCCCCCCOCC(COP(=O)(O)OCCN)OC(=O)CCCCCCCCCCCCC. The van der Waals surface area contributed by atoms with Gasteiger partial charge >= 0.3 is 13.8 Å². The Morgan fingerprint density at radius 3 is 1.50 bits per heavy atom. The maximum absolute atomic E-state index is 12.5. The second-order valence-corrected chi connectivity index (χ2v) is 16.0. The summed E-state index contributed by atoms with van der Waals surface area (Å²) in [6, 6.07) is 0. The van der Waals surface area contributed by atoms with Crippen molar-refractivity contribution in [3.63, 3.8) is 0 Å². The number of rotatable bonds is 42. The first-order valence-corrected chi connectivity index (χ1v) is 23.3. The molecule has 0 amide bonds. The molecule has 0 aliphatic heterocycles. The molecule has 0 aromatic rings. The van der Waals surface area contributed by atoms with Crippen molar-refractivity contribution < 1.29 is 32.8 Å². The Labute approximate surface area is 321 Å². The number of unbranched alkanes of at least 4 members (excludes halogenated alkanes) is 25. The van der Waals surface area contributed by atoms with Crippen LogP contribution in [-0.4, -0.2) is 49.9 Å². The van der Waals surface area contributed by atoms with E-state index in [1.54, 1.807) is 0 Å². The average molecular weight is 758 g/mol. The van der Waals surface area contributed by atoms with Gasteiger partial charge in [0, 0.05) is 19.6 Å². The van der Waals surface area contributed by atoms with E-state index in [9.17, 15) is 14.3 Å². The summed E-state index contributed by atoms with van der Waals surface area (Å²) in [7, 11) is -4.27. The Bertz CT molecular complexity index is 853. The van der Waals surface area contributed by atoms with Gasteiger partial charge in [0.25, 0.3) is 0 Å². The molecule has 3 N–H and O–H groups in total. The predicted octanol–water partition coefficient (Wildman–Crippen LogP) is 12.9. The summed E-state index contributed by atoms with van der Waals surface area (Å²) >= 11 is 0. The number of hydrogen-bond acceptors (Lipinski definition) is 7. The lowest BCUT2D eigenvalue weighted by atomic mass is 10.1. The van der Waals surface area contributed by atoms with Crippen molar-refractivity contribution in [2.24, 2.45) is 5.73 Å². The average Bonchev–Trinajstić information content (AvgIpc) is 3.13. The number of carbonyl (C=O) groups is 1. The van der Waals surface area contributed by atoms with Gasteiger partial charge in [-0.1, -0.05) is 179 Å². The first-order chi connectivity index (χ1) is 25.4. The van der Waals surface area contributed by atoms with Crippen LogP contribution in [0.25, 0.3) is 0 Å². The van der Waals surface area contributed by atoms with Crippen molar-refractivity contribution in [2.75, 3.05) is 33.0 Å². The van der Waals surface area contributed by atoms with Gasteiger partial charge in [-0.05, 0) is 44.9 Å². The van der Waals surface area contributed by atoms with E-state index in [1.807, 2.05) is 0 Å². The van der Waals surface area contributed by atoms with Crippen LogP contribution in [0.15, 0.2) is 24.3 Å². The molecule has 0 heterocycles. The van der Waals surface area contributed by atoms with Crippen molar-refractivity contribution in [2.45, 2.75) is 213 Å². The van der Waals surface area contributed by atoms with Crippen molar-refractivity contribution >= 4 is 13.8 Å². The molecule has 52 heavy (non-hydrogen) atoms. The zero-order chi connectivity index (χ0) is 38.1. The van der Waals surface area contributed by atoms with Crippen molar-refractivity contribution in [1.29, 1.82) is 0 Å². The molecule has 0 radical (unpaired) electrons. The van der Waals surface area contributed by atoms with Crippen LogP contribution in [0.2, 0.25) is 0 Å². The summed E-state index contributed by atoms with van der Waals surface area (Å²) in [5.74, 6) is -0.331. The summed E-state index contributed by atoms with van der Waals surface area (Å²) < 4.78 is 33.4. The lowest BCUT2D eigenvalue weighted by molar-refractivity contribution is -0.154. The third-order valence-electron chi connectivity index (χ3n) is 9.37. The molecule has 0 aliphatic rings. The maximum atomic E-state index is 12.5. The van der Waals surface area contributed by atoms with Gasteiger partial charge in [-0.15, -0.1) is 0 Å². The summed E-state index contributed by atoms with van der Waals surface area (Å²) in [5.41, 5.74) is 5.36. The van der Waals surface area contributed by atoms with E-state index in [4.69, 9.17) is 24.3 Å². The molecule has 9 heteroatoms. The second kappa shape index (κ2) is 41.1. The molecule has 2 atom stereocenters. The van der Waals surface area contributed by atoms with Gasteiger partial charge in [0.2, 0.25) is 0 Å². The number of esters is 1. The number of ether oxygens (including phenoxy) is 2. The second-order valence-electron chi connectivity index (χ2n) is 14.6. The minimum absolute atomic E-state index is 0.0940. The van der Waals surface area contributed by atoms with Gasteiger partial charge in [0.05, 0.1) is 19.8 Å². The van der Waals surface area contributed by atoms with Crippen LogP contribution < -0.4 is 5.73 Å². The molecular formula is C43H84NO7P. The van der Waals surface area contributed by atoms with Gasteiger partial charge in [0.1, 0.15) is 6.10 Å². The van der Waals surface area contributed by atoms with Gasteiger partial charge in [-0.2, -0.15) is 0 Å². The fraction of sp³-hybridized carbons (Fsp3) is 0.884. The van der Waals surface area contributed by atoms with Crippen LogP contribution in [-0.2, 0) is 27.9 Å². The van der Waals surface area contributed by atoms with E-state index in [1.165, 1.54) is 148 Å². The van der Waals surface area contributed by atoms with Crippen LogP contribution >= 0.6 is 7.82 Å². The summed E-state index contributed by atoms with van der Waals surface area (Å²) in [4.78, 5) is 22.4. The number of hydrogen-bond donors (Lipinski definition) is 2. The van der Waals surface area contributed by atoms with Crippen LogP contribution in [0.4, 0.5) is 0 Å². The molecule has 0 rings (SSSR count). The van der Waals surface area contributed by atoms with Gasteiger partial charge in [-0.3, -0.25) is 13.8 Å². The van der Waals surface area contributed by atoms with Crippen LogP contribution in [0.5, 0.6) is 0 Å². The molecule has 0 bridgehead atoms. The number of phosphoric acid groups is 1. The summed E-state index contributed by atoms with van der Waals surface area (Å²) in [6.07, 6.45) is 44.8. The normalized spacial score (nSPS) is 13.7. The molecule has 0 aromatic heterocycles. The van der Waals surface area contributed by atoms with E-state index < -0.39 is 13.9 Å². The summed E-state index contributed by atoms with van der Waals surface area (Å²) in [5, 5.41) is 0. The quantitative estimate of drug-likeness (QED) is 0.0273. The molecule has 0 fully saturated rings. The largest absolute Gasteiger partial charge is 0.472 e. The monoisotopic (exact) mass is 758 g/mol. The zero-order valence-electron chi connectivity index (χ0n) is 34.1. The highest BCUT2D eigenvalue weighted by Crippen LogP contribution is 2.43. The third kappa shape index (κ3) is 40.2. The van der Waals surface area contributed by atoms with Crippen LogP contribution in [0.1, 0.15) is 206 Å². The molecule has 0 saturated carbocycles. The van der Waals surface area contributed by atoms with Gasteiger partial charge in [-0.25, -0.2) is 4.57 Å². The lowest BCUT2D eigenvalue weighted by Gasteiger charge is -2.20. The Morgan fingerprint density at radius 2 is 1.02 bits per heavy atom. The highest BCUT2D eigenvalue weighted by Gasteiger charge is 2.25. The Morgan fingerprint density at radius 1 is 0.577 bits per heavy atom. The number of allylic oxidation sites excluding steroid dienone is 4. The first kappa shape index (κ1) is 51.0. The van der Waals surface area contributed by atoms with Crippen molar-refractivity contribution in [3.05, 3.63) is 24.3 Å². The highest BCUT2D eigenvalue weighted by atomic mass is 31.2. The van der Waals surface area contributed by atoms with Gasteiger partial charge < -0.3 is 20.1 Å². The Kier molecular flexibility index (Phi) is 40.3. The van der Waals surface area contributed by atoms with Crippen molar-refractivity contribution in [1.82, 2.24) is 0 Å². The Hall–Kier alpha value is -1.02. The topological polar surface area (TPSA) is 117 Å². The highest BCUT2D eigenvalue weighted by molar-refractivity contribution is 7.47.